The van der Waals surface area contributed by atoms with E-state index in [1.165, 1.54) is 11.1 Å². The van der Waals surface area contributed by atoms with Crippen molar-refractivity contribution in [2.24, 2.45) is 28.6 Å². The molecule has 1 amide bonds. The minimum atomic E-state index is -0.501. The number of pyridine rings is 1. The van der Waals surface area contributed by atoms with Crippen molar-refractivity contribution in [1.82, 2.24) is 10.3 Å². The number of carbonyl (C=O) groups is 1. The number of aliphatic hydroxyl groups is 1. The maximum Gasteiger partial charge on any atom is 0.407 e. The smallest absolute Gasteiger partial charge is 0.407 e. The van der Waals surface area contributed by atoms with Gasteiger partial charge < -0.3 is 15.2 Å². The quantitative estimate of drug-likeness (QED) is 0.640. The number of aliphatic hydroxyl groups excluding tert-OH is 1. The third kappa shape index (κ3) is 4.21. The second-order valence-corrected chi connectivity index (χ2v) is 11.7. The normalized spacial score (nSPS) is 36.6. The van der Waals surface area contributed by atoms with Crippen LogP contribution in [0.1, 0.15) is 78.7 Å². The summed E-state index contributed by atoms with van der Waals surface area (Å²) in [7, 11) is 0. The van der Waals surface area contributed by atoms with Crippen LogP contribution in [0.4, 0.5) is 4.79 Å². The van der Waals surface area contributed by atoms with E-state index in [1.54, 1.807) is 0 Å². The average molecular weight is 441 g/mol. The molecular weight excluding hydrogens is 400 g/mol. The molecule has 176 valence electrons. The largest absolute Gasteiger partial charge is 0.444 e. The Morgan fingerprint density at radius 1 is 1.25 bits per heavy atom. The molecule has 32 heavy (non-hydrogen) atoms. The van der Waals surface area contributed by atoms with Gasteiger partial charge in [-0.25, -0.2) is 4.79 Å². The van der Waals surface area contributed by atoms with Crippen LogP contribution in [0.2, 0.25) is 0 Å². The molecule has 1 aromatic heterocycles. The van der Waals surface area contributed by atoms with Crippen LogP contribution in [-0.4, -0.2) is 34.4 Å². The van der Waals surface area contributed by atoms with Gasteiger partial charge in [0, 0.05) is 18.9 Å². The van der Waals surface area contributed by atoms with Crippen molar-refractivity contribution in [3.63, 3.8) is 0 Å². The molecule has 0 radical (unpaired) electrons. The van der Waals surface area contributed by atoms with E-state index in [-0.39, 0.29) is 23.0 Å². The minimum absolute atomic E-state index is 0.183. The third-order valence-corrected chi connectivity index (χ3v) is 8.70. The number of nitrogens with zero attached hydrogens (tertiary/aromatic N) is 1. The molecule has 1 heterocycles. The first-order valence-electron chi connectivity index (χ1n) is 12.3. The summed E-state index contributed by atoms with van der Waals surface area (Å²) in [5.74, 6) is 1.70. The molecule has 2 saturated carbocycles. The van der Waals surface area contributed by atoms with Gasteiger partial charge in [-0.2, -0.15) is 0 Å². The summed E-state index contributed by atoms with van der Waals surface area (Å²) >= 11 is 0. The van der Waals surface area contributed by atoms with Crippen LogP contribution in [0, 0.1) is 28.6 Å². The van der Waals surface area contributed by atoms with E-state index in [9.17, 15) is 9.90 Å². The van der Waals surface area contributed by atoms with Gasteiger partial charge in [0.1, 0.15) is 5.60 Å². The lowest BCUT2D eigenvalue weighted by molar-refractivity contribution is -0.118. The number of carbonyl (C=O) groups excluding carboxylic acids is 1. The van der Waals surface area contributed by atoms with Gasteiger partial charge in [0.2, 0.25) is 0 Å². The Morgan fingerprint density at radius 3 is 2.72 bits per heavy atom. The molecule has 0 bridgehead atoms. The first-order chi connectivity index (χ1) is 15.0. The van der Waals surface area contributed by atoms with Gasteiger partial charge >= 0.3 is 6.09 Å². The van der Waals surface area contributed by atoms with Gasteiger partial charge in [-0.3, -0.25) is 4.98 Å². The molecule has 2 N–H and O–H groups in total. The molecular formula is C27H40N2O3. The topological polar surface area (TPSA) is 71.5 Å². The second kappa shape index (κ2) is 8.48. The third-order valence-electron chi connectivity index (χ3n) is 8.70. The molecule has 2 unspecified atom stereocenters. The molecule has 0 spiro atoms. The fourth-order valence-corrected chi connectivity index (χ4v) is 7.07. The van der Waals surface area contributed by atoms with Gasteiger partial charge in [0.25, 0.3) is 0 Å². The first-order valence-corrected chi connectivity index (χ1v) is 12.3. The number of ether oxygens (including phenoxy) is 1. The summed E-state index contributed by atoms with van der Waals surface area (Å²) in [6.07, 6.45) is 11.7. The Hall–Kier alpha value is -1.88. The molecule has 3 aliphatic carbocycles. The number of allylic oxidation sites excluding steroid dienone is 2. The predicted octanol–water partition coefficient (Wildman–Crippen LogP) is 5.59. The number of amides is 1. The van der Waals surface area contributed by atoms with E-state index >= 15 is 0 Å². The standard InChI is InChI=1S/C27H40N2O3/c1-25(2,3)32-24(31)29-16-14-27(5)22-12-13-26(4)20(18-7-6-15-28-17-18)9-10-21(26)19(22)8-11-23(27)30/h6-7,9,15,17,19,21-23,30H,8,10-14,16H2,1-5H3,(H,29,31)/t19?,21-,22-,23?,26+,27+/m0/s1. The molecule has 6 atom stereocenters. The van der Waals surface area contributed by atoms with E-state index in [1.807, 2.05) is 39.2 Å². The molecule has 3 aliphatic rings. The monoisotopic (exact) mass is 440 g/mol. The van der Waals surface area contributed by atoms with Crippen LogP contribution in [0.15, 0.2) is 30.6 Å². The van der Waals surface area contributed by atoms with Gasteiger partial charge in [-0.1, -0.05) is 26.0 Å². The summed E-state index contributed by atoms with van der Waals surface area (Å²) in [4.78, 5) is 16.5. The fourth-order valence-electron chi connectivity index (χ4n) is 7.07. The Balaban J connectivity index is 1.47. The lowest BCUT2D eigenvalue weighted by atomic mass is 9.48. The maximum absolute atomic E-state index is 12.1. The zero-order valence-electron chi connectivity index (χ0n) is 20.4. The van der Waals surface area contributed by atoms with Gasteiger partial charge in [-0.05, 0) is 105 Å². The van der Waals surface area contributed by atoms with Gasteiger partial charge in [-0.15, -0.1) is 0 Å². The lowest BCUT2D eigenvalue weighted by Gasteiger charge is -2.58. The minimum Gasteiger partial charge on any atom is -0.444 e. The zero-order valence-corrected chi connectivity index (χ0v) is 20.4. The van der Waals surface area contributed by atoms with Crippen molar-refractivity contribution in [3.05, 3.63) is 36.2 Å². The van der Waals surface area contributed by atoms with E-state index in [0.29, 0.717) is 24.3 Å². The van der Waals surface area contributed by atoms with Gasteiger partial charge in [0.15, 0.2) is 0 Å². The number of nitrogens with one attached hydrogen (secondary N) is 1. The van der Waals surface area contributed by atoms with Crippen molar-refractivity contribution in [2.75, 3.05) is 6.54 Å². The SMILES string of the molecule is CC(C)(C)OC(=O)NCC[C@@]1(C)C(O)CCC2[C@@H]1CC[C@]1(C)C(c3cccnc3)=CC[C@@H]21. The molecule has 2 fully saturated rings. The Kier molecular flexibility index (Phi) is 6.17. The number of alkyl carbamates (subject to hydrolysis) is 1. The van der Waals surface area contributed by atoms with E-state index in [2.05, 4.69) is 36.3 Å². The Labute approximate surface area is 193 Å². The van der Waals surface area contributed by atoms with Crippen LogP contribution >= 0.6 is 0 Å². The molecule has 0 aromatic carbocycles. The highest BCUT2D eigenvalue weighted by molar-refractivity contribution is 5.72. The first kappa shape index (κ1) is 23.3. The highest BCUT2D eigenvalue weighted by Crippen LogP contribution is 2.65. The molecule has 4 rings (SSSR count). The van der Waals surface area contributed by atoms with Crippen LogP contribution in [0.25, 0.3) is 5.57 Å². The van der Waals surface area contributed by atoms with Crippen LogP contribution in [0.3, 0.4) is 0 Å². The van der Waals surface area contributed by atoms with E-state index in [0.717, 1.165) is 38.5 Å². The number of fused-ring (bicyclic) bond motifs is 3. The van der Waals surface area contributed by atoms with E-state index in [4.69, 9.17) is 4.74 Å². The molecule has 0 saturated heterocycles. The Bertz CT molecular complexity index is 861. The van der Waals surface area contributed by atoms with Crippen LogP contribution in [-0.2, 0) is 4.74 Å². The Morgan fingerprint density at radius 2 is 2.03 bits per heavy atom. The summed E-state index contributed by atoms with van der Waals surface area (Å²) in [5, 5.41) is 14.0. The zero-order chi connectivity index (χ0) is 23.1. The summed E-state index contributed by atoms with van der Waals surface area (Å²) in [5.41, 5.74) is 2.22. The predicted molar refractivity (Wildman–Crippen MR) is 127 cm³/mol. The summed E-state index contributed by atoms with van der Waals surface area (Å²) < 4.78 is 5.39. The highest BCUT2D eigenvalue weighted by Gasteiger charge is 2.57. The second-order valence-electron chi connectivity index (χ2n) is 11.7. The van der Waals surface area contributed by atoms with Crippen LogP contribution in [0.5, 0.6) is 0 Å². The summed E-state index contributed by atoms with van der Waals surface area (Å²) in [6.45, 7) is 10.9. The van der Waals surface area contributed by atoms with Crippen molar-refractivity contribution in [2.45, 2.75) is 84.8 Å². The van der Waals surface area contributed by atoms with Crippen molar-refractivity contribution < 1.29 is 14.6 Å². The number of rotatable bonds is 4. The number of hydrogen-bond acceptors (Lipinski definition) is 4. The average Bonchev–Trinajstić information content (AvgIpc) is 3.07. The number of aromatic nitrogens is 1. The van der Waals surface area contributed by atoms with Gasteiger partial charge in [0.05, 0.1) is 6.10 Å². The fraction of sp³-hybridized carbons (Fsp3) is 0.704. The lowest BCUT2D eigenvalue weighted by Crippen LogP contribution is -2.54. The highest BCUT2D eigenvalue weighted by atomic mass is 16.6. The number of hydrogen-bond donors (Lipinski definition) is 2. The van der Waals surface area contributed by atoms with Crippen molar-refractivity contribution >= 4 is 11.7 Å². The maximum atomic E-state index is 12.1. The molecule has 0 aliphatic heterocycles. The molecule has 5 heteroatoms. The molecule has 1 aromatic rings. The summed E-state index contributed by atoms with van der Waals surface area (Å²) in [6, 6.07) is 4.22. The van der Waals surface area contributed by atoms with Crippen LogP contribution < -0.4 is 5.32 Å². The molecule has 5 nitrogen and oxygen atoms in total. The van der Waals surface area contributed by atoms with Crippen molar-refractivity contribution in [1.29, 1.82) is 0 Å². The van der Waals surface area contributed by atoms with E-state index < -0.39 is 5.60 Å². The van der Waals surface area contributed by atoms with Crippen molar-refractivity contribution in [3.8, 4) is 0 Å².